The molecule has 190 valence electrons. The number of carbonyl (C=O) groups is 2. The maximum absolute atomic E-state index is 12.6. The van der Waals surface area contributed by atoms with Crippen LogP contribution in [0.3, 0.4) is 0 Å². The van der Waals surface area contributed by atoms with Gasteiger partial charge in [0.1, 0.15) is 18.1 Å². The van der Waals surface area contributed by atoms with Gasteiger partial charge in [-0.1, -0.05) is 44.2 Å². The summed E-state index contributed by atoms with van der Waals surface area (Å²) in [5.74, 6) is 0.873. The van der Waals surface area contributed by atoms with E-state index in [2.05, 4.69) is 34.7 Å². The van der Waals surface area contributed by atoms with Crippen molar-refractivity contribution in [2.45, 2.75) is 20.5 Å². The number of urea groups is 1. The Hall–Kier alpha value is -4.04. The Bertz CT molecular complexity index is 1120. The number of nitrogens with zero attached hydrogens (tertiary/aromatic N) is 1. The van der Waals surface area contributed by atoms with Gasteiger partial charge >= 0.3 is 6.03 Å². The quantitative estimate of drug-likeness (QED) is 0.333. The van der Waals surface area contributed by atoms with Crippen molar-refractivity contribution >= 4 is 23.3 Å². The van der Waals surface area contributed by atoms with E-state index in [0.29, 0.717) is 41.6 Å². The van der Waals surface area contributed by atoms with E-state index in [0.717, 1.165) is 25.2 Å². The standard InChI is InChI=1S/C28H34N4O4/c1-4-32(5-2)18-17-29-27(33)25-16-13-23(19-26(25)35-3)31-28(34)30-22-11-14-24(15-12-22)36-20-21-9-7-6-8-10-21/h6-16,19H,4-5,17-18,20H2,1-3H3,(H,29,33)(H2,30,31,34). The zero-order chi connectivity index (χ0) is 25.8. The Morgan fingerprint density at radius 3 is 2.19 bits per heavy atom. The van der Waals surface area contributed by atoms with Crippen molar-refractivity contribution in [3.63, 3.8) is 0 Å². The van der Waals surface area contributed by atoms with Crippen molar-refractivity contribution in [3.05, 3.63) is 83.9 Å². The van der Waals surface area contributed by atoms with Crippen molar-refractivity contribution in [1.82, 2.24) is 10.2 Å². The lowest BCUT2D eigenvalue weighted by atomic mass is 10.1. The van der Waals surface area contributed by atoms with E-state index >= 15 is 0 Å². The van der Waals surface area contributed by atoms with E-state index in [4.69, 9.17) is 9.47 Å². The lowest BCUT2D eigenvalue weighted by molar-refractivity contribution is 0.0946. The summed E-state index contributed by atoms with van der Waals surface area (Å²) in [5.41, 5.74) is 2.62. The van der Waals surface area contributed by atoms with Crippen molar-refractivity contribution < 1.29 is 19.1 Å². The maximum atomic E-state index is 12.6. The Kier molecular flexibility index (Phi) is 10.1. The minimum Gasteiger partial charge on any atom is -0.496 e. The van der Waals surface area contributed by atoms with Crippen LogP contribution in [0.1, 0.15) is 29.8 Å². The molecule has 0 heterocycles. The Morgan fingerprint density at radius 2 is 1.53 bits per heavy atom. The fraction of sp³-hybridized carbons (Fsp3) is 0.286. The number of hydrogen-bond acceptors (Lipinski definition) is 5. The lowest BCUT2D eigenvalue weighted by Crippen LogP contribution is -2.34. The molecule has 0 aliphatic carbocycles. The SMILES string of the molecule is CCN(CC)CCNC(=O)c1ccc(NC(=O)Nc2ccc(OCc3ccccc3)cc2)cc1OC. The van der Waals surface area contributed by atoms with Gasteiger partial charge in [-0.2, -0.15) is 0 Å². The molecule has 0 aliphatic rings. The van der Waals surface area contributed by atoms with Crippen LogP contribution < -0.4 is 25.4 Å². The van der Waals surface area contributed by atoms with E-state index in [1.807, 2.05) is 30.3 Å². The zero-order valence-corrected chi connectivity index (χ0v) is 21.0. The first-order valence-electron chi connectivity index (χ1n) is 12.1. The number of anilines is 2. The lowest BCUT2D eigenvalue weighted by Gasteiger charge is -2.18. The van der Waals surface area contributed by atoms with Gasteiger partial charge in [0.05, 0.1) is 12.7 Å². The van der Waals surface area contributed by atoms with Crippen LogP contribution in [-0.2, 0) is 6.61 Å². The summed E-state index contributed by atoms with van der Waals surface area (Å²) < 4.78 is 11.2. The fourth-order valence-corrected chi connectivity index (χ4v) is 3.59. The minimum atomic E-state index is -0.411. The number of carbonyl (C=O) groups excluding carboxylic acids is 2. The molecule has 0 fully saturated rings. The number of ether oxygens (including phenoxy) is 2. The predicted molar refractivity (Wildman–Crippen MR) is 143 cm³/mol. The van der Waals surface area contributed by atoms with E-state index < -0.39 is 6.03 Å². The van der Waals surface area contributed by atoms with Crippen molar-refractivity contribution in [2.24, 2.45) is 0 Å². The van der Waals surface area contributed by atoms with Gasteiger partial charge in [-0.15, -0.1) is 0 Å². The van der Waals surface area contributed by atoms with Crippen LogP contribution in [0.25, 0.3) is 0 Å². The number of likely N-dealkylation sites (N-methyl/N-ethyl adjacent to an activating group) is 1. The molecule has 3 aromatic carbocycles. The Morgan fingerprint density at radius 1 is 0.861 bits per heavy atom. The monoisotopic (exact) mass is 490 g/mol. The molecule has 0 saturated heterocycles. The third-order valence-electron chi connectivity index (χ3n) is 5.67. The first kappa shape index (κ1) is 26.6. The molecule has 0 bridgehead atoms. The highest BCUT2D eigenvalue weighted by atomic mass is 16.5. The second-order valence-corrected chi connectivity index (χ2v) is 8.08. The molecular weight excluding hydrogens is 456 g/mol. The molecule has 8 nitrogen and oxygen atoms in total. The van der Waals surface area contributed by atoms with Gasteiger partial charge in [-0.25, -0.2) is 4.79 Å². The molecular formula is C28H34N4O4. The highest BCUT2D eigenvalue weighted by molar-refractivity contribution is 6.01. The fourth-order valence-electron chi connectivity index (χ4n) is 3.59. The summed E-state index contributed by atoms with van der Waals surface area (Å²) in [4.78, 5) is 27.3. The molecule has 0 unspecified atom stereocenters. The van der Waals surface area contributed by atoms with Crippen LogP contribution in [0.15, 0.2) is 72.8 Å². The van der Waals surface area contributed by atoms with Crippen LogP contribution in [0.2, 0.25) is 0 Å². The van der Waals surface area contributed by atoms with Crippen molar-refractivity contribution in [2.75, 3.05) is 43.9 Å². The third kappa shape index (κ3) is 8.02. The molecule has 0 spiro atoms. The van der Waals surface area contributed by atoms with E-state index in [9.17, 15) is 9.59 Å². The maximum Gasteiger partial charge on any atom is 0.323 e. The number of hydrogen-bond donors (Lipinski definition) is 3. The van der Waals surface area contributed by atoms with Crippen LogP contribution in [0, 0.1) is 0 Å². The van der Waals surface area contributed by atoms with Crippen LogP contribution in [0.4, 0.5) is 16.2 Å². The van der Waals surface area contributed by atoms with Gasteiger partial charge in [-0.05, 0) is 55.1 Å². The topological polar surface area (TPSA) is 91.9 Å². The second kappa shape index (κ2) is 13.7. The van der Waals surface area contributed by atoms with E-state index in [1.54, 1.807) is 42.5 Å². The molecule has 0 radical (unpaired) electrons. The summed E-state index contributed by atoms with van der Waals surface area (Å²) in [7, 11) is 1.49. The number of nitrogens with one attached hydrogen (secondary N) is 3. The molecule has 0 atom stereocenters. The van der Waals surface area contributed by atoms with Crippen LogP contribution >= 0.6 is 0 Å². The average molecular weight is 491 g/mol. The van der Waals surface area contributed by atoms with Crippen molar-refractivity contribution in [3.8, 4) is 11.5 Å². The molecule has 3 rings (SSSR count). The molecule has 0 aliphatic heterocycles. The van der Waals surface area contributed by atoms with Crippen LogP contribution in [-0.4, -0.2) is 50.1 Å². The van der Waals surface area contributed by atoms with Gasteiger partial charge < -0.3 is 30.3 Å². The summed E-state index contributed by atoms with van der Waals surface area (Å²) in [6.07, 6.45) is 0. The van der Waals surface area contributed by atoms with Gasteiger partial charge in [-0.3, -0.25) is 4.79 Å². The summed E-state index contributed by atoms with van der Waals surface area (Å²) in [6.45, 7) is 7.84. The van der Waals surface area contributed by atoms with Gasteiger partial charge in [0.25, 0.3) is 5.91 Å². The molecule has 8 heteroatoms. The van der Waals surface area contributed by atoms with E-state index in [1.165, 1.54) is 7.11 Å². The number of methoxy groups -OCH3 is 1. The van der Waals surface area contributed by atoms with Gasteiger partial charge in [0, 0.05) is 30.5 Å². The normalized spacial score (nSPS) is 10.6. The largest absolute Gasteiger partial charge is 0.496 e. The van der Waals surface area contributed by atoms with E-state index in [-0.39, 0.29) is 5.91 Å². The summed E-state index contributed by atoms with van der Waals surface area (Å²) in [5, 5.41) is 8.47. The smallest absolute Gasteiger partial charge is 0.323 e. The number of amides is 3. The predicted octanol–water partition coefficient (Wildman–Crippen LogP) is 4.99. The van der Waals surface area contributed by atoms with Gasteiger partial charge in [0.15, 0.2) is 0 Å². The van der Waals surface area contributed by atoms with Crippen molar-refractivity contribution in [1.29, 1.82) is 0 Å². The second-order valence-electron chi connectivity index (χ2n) is 8.08. The molecule has 3 N–H and O–H groups in total. The molecule has 3 amide bonds. The molecule has 36 heavy (non-hydrogen) atoms. The number of benzene rings is 3. The minimum absolute atomic E-state index is 0.218. The first-order valence-corrected chi connectivity index (χ1v) is 12.1. The summed E-state index contributed by atoms with van der Waals surface area (Å²) in [6, 6.07) is 21.6. The zero-order valence-electron chi connectivity index (χ0n) is 21.0. The Balaban J connectivity index is 1.51. The average Bonchev–Trinajstić information content (AvgIpc) is 2.91. The first-order chi connectivity index (χ1) is 17.5. The third-order valence-corrected chi connectivity index (χ3v) is 5.67. The molecule has 3 aromatic rings. The van der Waals surface area contributed by atoms with Gasteiger partial charge in [0.2, 0.25) is 0 Å². The molecule has 0 aromatic heterocycles. The molecule has 0 saturated carbocycles. The number of rotatable bonds is 12. The highest BCUT2D eigenvalue weighted by Crippen LogP contribution is 2.24. The highest BCUT2D eigenvalue weighted by Gasteiger charge is 2.14. The Labute approximate surface area is 212 Å². The van der Waals surface area contributed by atoms with Crippen LogP contribution in [0.5, 0.6) is 11.5 Å². The summed E-state index contributed by atoms with van der Waals surface area (Å²) >= 11 is 0.